The number of para-hydroxylation sites is 1. The number of hydrogen-bond donors (Lipinski definition) is 2. The number of carbonyl (C=O) groups excluding carboxylic acids is 1. The number of aliphatic carboxylic acids is 1. The molecule has 0 saturated heterocycles. The number of amides is 1. The van der Waals surface area contributed by atoms with E-state index in [0.717, 1.165) is 0 Å². The smallest absolute Gasteiger partial charge is 0.308 e. The van der Waals surface area contributed by atoms with Crippen molar-refractivity contribution in [2.24, 2.45) is 5.92 Å². The van der Waals surface area contributed by atoms with Gasteiger partial charge >= 0.3 is 5.97 Å². The summed E-state index contributed by atoms with van der Waals surface area (Å²) >= 11 is 0. The molecule has 2 atom stereocenters. The van der Waals surface area contributed by atoms with Crippen LogP contribution in [0.4, 0.5) is 4.39 Å². The van der Waals surface area contributed by atoms with E-state index in [2.05, 4.69) is 5.32 Å². The van der Waals surface area contributed by atoms with Crippen LogP contribution < -0.4 is 10.1 Å². The van der Waals surface area contributed by atoms with Gasteiger partial charge in [-0.1, -0.05) is 12.1 Å². The van der Waals surface area contributed by atoms with E-state index >= 15 is 0 Å². The zero-order valence-corrected chi connectivity index (χ0v) is 10.7. The van der Waals surface area contributed by atoms with Gasteiger partial charge in [0.15, 0.2) is 18.2 Å². The van der Waals surface area contributed by atoms with Gasteiger partial charge in [0.25, 0.3) is 5.91 Å². The van der Waals surface area contributed by atoms with E-state index in [9.17, 15) is 14.0 Å². The highest BCUT2D eigenvalue weighted by Crippen LogP contribution is 2.14. The van der Waals surface area contributed by atoms with Crippen molar-refractivity contribution in [3.8, 4) is 5.75 Å². The van der Waals surface area contributed by atoms with Crippen LogP contribution in [0, 0.1) is 11.7 Å². The molecule has 5 nitrogen and oxygen atoms in total. The van der Waals surface area contributed by atoms with Crippen LogP contribution in [0.2, 0.25) is 0 Å². The average molecular weight is 269 g/mol. The Hall–Kier alpha value is -2.11. The lowest BCUT2D eigenvalue weighted by Gasteiger charge is -2.17. The minimum atomic E-state index is -0.997. The van der Waals surface area contributed by atoms with Crippen LogP contribution in [-0.2, 0) is 9.59 Å². The molecule has 0 saturated carbocycles. The summed E-state index contributed by atoms with van der Waals surface area (Å²) in [5.41, 5.74) is 0. The van der Waals surface area contributed by atoms with Gasteiger partial charge in [0.1, 0.15) is 0 Å². The van der Waals surface area contributed by atoms with Gasteiger partial charge in [-0.05, 0) is 26.0 Å². The van der Waals surface area contributed by atoms with Gasteiger partial charge in [-0.25, -0.2) is 4.39 Å². The highest BCUT2D eigenvalue weighted by atomic mass is 19.1. The third-order valence-electron chi connectivity index (χ3n) is 2.72. The molecular weight excluding hydrogens is 253 g/mol. The Morgan fingerprint density at radius 1 is 1.37 bits per heavy atom. The molecule has 0 aliphatic rings. The summed E-state index contributed by atoms with van der Waals surface area (Å²) in [5.74, 6) is -2.78. The first kappa shape index (κ1) is 14.9. The van der Waals surface area contributed by atoms with E-state index in [1.54, 1.807) is 13.0 Å². The van der Waals surface area contributed by atoms with Crippen molar-refractivity contribution in [3.63, 3.8) is 0 Å². The third-order valence-corrected chi connectivity index (χ3v) is 2.72. The van der Waals surface area contributed by atoms with Crippen LogP contribution in [0.3, 0.4) is 0 Å². The first-order valence-corrected chi connectivity index (χ1v) is 5.81. The third kappa shape index (κ3) is 4.57. The Morgan fingerprint density at radius 2 is 2.00 bits per heavy atom. The van der Waals surface area contributed by atoms with Crippen LogP contribution in [-0.4, -0.2) is 29.6 Å². The molecule has 1 aromatic carbocycles. The molecule has 2 unspecified atom stereocenters. The van der Waals surface area contributed by atoms with Crippen LogP contribution in [0.5, 0.6) is 5.75 Å². The first-order valence-electron chi connectivity index (χ1n) is 5.81. The zero-order valence-electron chi connectivity index (χ0n) is 10.7. The van der Waals surface area contributed by atoms with Gasteiger partial charge in [0.05, 0.1) is 5.92 Å². The second-order valence-corrected chi connectivity index (χ2v) is 4.20. The summed E-state index contributed by atoms with van der Waals surface area (Å²) in [5, 5.41) is 11.3. The fraction of sp³-hybridized carbons (Fsp3) is 0.385. The second-order valence-electron chi connectivity index (χ2n) is 4.20. The molecule has 0 radical (unpaired) electrons. The summed E-state index contributed by atoms with van der Waals surface area (Å²) in [4.78, 5) is 22.2. The fourth-order valence-corrected chi connectivity index (χ4v) is 1.34. The number of rotatable bonds is 6. The van der Waals surface area contributed by atoms with Gasteiger partial charge in [-0.3, -0.25) is 9.59 Å². The Balaban J connectivity index is 2.44. The Labute approximate surface area is 110 Å². The standard InChI is InChI=1S/C13H16FNO4/c1-8(13(17)18)9(2)15-12(16)7-19-11-6-4-3-5-10(11)14/h3-6,8-9H,7H2,1-2H3,(H,15,16)(H,17,18). The van der Waals surface area contributed by atoms with Crippen LogP contribution >= 0.6 is 0 Å². The molecule has 0 heterocycles. The van der Waals surface area contributed by atoms with E-state index in [1.165, 1.54) is 25.1 Å². The molecule has 104 valence electrons. The van der Waals surface area contributed by atoms with Gasteiger partial charge in [-0.15, -0.1) is 0 Å². The van der Waals surface area contributed by atoms with E-state index in [0.29, 0.717) is 0 Å². The van der Waals surface area contributed by atoms with Crippen molar-refractivity contribution in [3.05, 3.63) is 30.1 Å². The van der Waals surface area contributed by atoms with Crippen LogP contribution in [0.15, 0.2) is 24.3 Å². The Kier molecular flexibility index (Phi) is 5.29. The lowest BCUT2D eigenvalue weighted by Crippen LogP contribution is -2.42. The summed E-state index contributed by atoms with van der Waals surface area (Å²) in [7, 11) is 0. The highest BCUT2D eigenvalue weighted by molar-refractivity contribution is 5.79. The maximum absolute atomic E-state index is 13.2. The van der Waals surface area contributed by atoms with E-state index in [1.807, 2.05) is 0 Å². The number of carbonyl (C=O) groups is 2. The minimum Gasteiger partial charge on any atom is -0.481 e. The largest absolute Gasteiger partial charge is 0.481 e. The summed E-state index contributed by atoms with van der Waals surface area (Å²) in [6, 6.07) is 5.20. The number of carboxylic acids is 1. The van der Waals surface area contributed by atoms with Gasteiger partial charge in [-0.2, -0.15) is 0 Å². The number of ether oxygens (including phenoxy) is 1. The number of carboxylic acid groups (broad SMARTS) is 1. The number of halogens is 1. The van der Waals surface area contributed by atoms with Crippen LogP contribution in [0.1, 0.15) is 13.8 Å². The average Bonchev–Trinajstić information content (AvgIpc) is 2.36. The number of benzene rings is 1. The quantitative estimate of drug-likeness (QED) is 0.819. The van der Waals surface area contributed by atoms with Gasteiger partial charge in [0.2, 0.25) is 0 Å². The Morgan fingerprint density at radius 3 is 2.58 bits per heavy atom. The Bertz CT molecular complexity index is 464. The van der Waals surface area contributed by atoms with Crippen LogP contribution in [0.25, 0.3) is 0 Å². The van der Waals surface area contributed by atoms with E-state index in [-0.39, 0.29) is 12.4 Å². The van der Waals surface area contributed by atoms with E-state index < -0.39 is 29.7 Å². The molecule has 0 aliphatic heterocycles. The summed E-state index contributed by atoms with van der Waals surface area (Å²) < 4.78 is 18.2. The van der Waals surface area contributed by atoms with Gasteiger partial charge < -0.3 is 15.2 Å². The van der Waals surface area contributed by atoms with Crippen molar-refractivity contribution in [2.45, 2.75) is 19.9 Å². The lowest BCUT2D eigenvalue weighted by molar-refractivity contribution is -0.142. The topological polar surface area (TPSA) is 75.6 Å². The number of hydrogen-bond acceptors (Lipinski definition) is 3. The van der Waals surface area contributed by atoms with Crippen molar-refractivity contribution in [2.75, 3.05) is 6.61 Å². The molecule has 0 fully saturated rings. The molecule has 0 aliphatic carbocycles. The maximum atomic E-state index is 13.2. The second kappa shape index (κ2) is 6.72. The molecule has 1 aromatic rings. The minimum absolute atomic E-state index is 0.0170. The van der Waals surface area contributed by atoms with Crippen molar-refractivity contribution in [1.29, 1.82) is 0 Å². The molecule has 19 heavy (non-hydrogen) atoms. The SMILES string of the molecule is CC(NC(=O)COc1ccccc1F)C(C)C(=O)O. The number of nitrogens with one attached hydrogen (secondary N) is 1. The fourth-order valence-electron chi connectivity index (χ4n) is 1.34. The molecule has 0 aromatic heterocycles. The molecule has 0 spiro atoms. The van der Waals surface area contributed by atoms with Crippen molar-refractivity contribution in [1.82, 2.24) is 5.32 Å². The van der Waals surface area contributed by atoms with Crippen molar-refractivity contribution >= 4 is 11.9 Å². The predicted molar refractivity (Wildman–Crippen MR) is 66.3 cm³/mol. The monoisotopic (exact) mass is 269 g/mol. The first-order chi connectivity index (χ1) is 8.91. The highest BCUT2D eigenvalue weighted by Gasteiger charge is 2.21. The molecule has 1 rings (SSSR count). The van der Waals surface area contributed by atoms with E-state index in [4.69, 9.17) is 9.84 Å². The normalized spacial score (nSPS) is 13.4. The molecule has 1 amide bonds. The molecule has 2 N–H and O–H groups in total. The maximum Gasteiger partial charge on any atom is 0.308 e. The molecule has 6 heteroatoms. The predicted octanol–water partition coefficient (Wildman–Crippen LogP) is 1.43. The van der Waals surface area contributed by atoms with Gasteiger partial charge in [0, 0.05) is 6.04 Å². The molecular formula is C13H16FNO4. The summed E-state index contributed by atoms with van der Waals surface area (Å²) in [6.45, 7) is 2.71. The van der Waals surface area contributed by atoms with Crippen molar-refractivity contribution < 1.29 is 23.8 Å². The summed E-state index contributed by atoms with van der Waals surface area (Å²) in [6.07, 6.45) is 0. The lowest BCUT2D eigenvalue weighted by atomic mass is 10.0. The molecule has 0 bridgehead atoms. The zero-order chi connectivity index (χ0) is 14.4.